The van der Waals surface area contributed by atoms with Gasteiger partial charge in [0.2, 0.25) is 5.95 Å². The molecule has 1 aliphatic rings. The van der Waals surface area contributed by atoms with Crippen LogP contribution in [0.3, 0.4) is 0 Å². The van der Waals surface area contributed by atoms with Gasteiger partial charge in [-0.3, -0.25) is 0 Å². The zero-order chi connectivity index (χ0) is 15.0. The van der Waals surface area contributed by atoms with Gasteiger partial charge in [0.1, 0.15) is 0 Å². The summed E-state index contributed by atoms with van der Waals surface area (Å²) in [6.45, 7) is 15.1. The third-order valence-electron chi connectivity index (χ3n) is 4.17. The van der Waals surface area contributed by atoms with Gasteiger partial charge in [0.25, 0.3) is 0 Å². The lowest BCUT2D eigenvalue weighted by Gasteiger charge is -2.45. The summed E-state index contributed by atoms with van der Waals surface area (Å²) in [5, 5.41) is 3.70. The highest BCUT2D eigenvalue weighted by Crippen LogP contribution is 2.46. The van der Waals surface area contributed by atoms with Gasteiger partial charge in [0, 0.05) is 25.0 Å². The summed E-state index contributed by atoms with van der Waals surface area (Å²) in [7, 11) is 0. The van der Waals surface area contributed by atoms with Crippen LogP contribution in [0.15, 0.2) is 12.4 Å². The number of hydrogen-bond acceptors (Lipinski definition) is 2. The van der Waals surface area contributed by atoms with Crippen molar-refractivity contribution in [1.29, 1.82) is 0 Å². The molecule has 20 heavy (non-hydrogen) atoms. The lowest BCUT2D eigenvalue weighted by atomic mass is 9.63. The molecule has 3 nitrogen and oxygen atoms in total. The molecule has 1 aromatic rings. The molecular formula is C17H31N3. The van der Waals surface area contributed by atoms with E-state index in [1.165, 1.54) is 19.3 Å². The molecule has 0 atom stereocenters. The van der Waals surface area contributed by atoms with Gasteiger partial charge in [-0.2, -0.15) is 0 Å². The van der Waals surface area contributed by atoms with E-state index in [-0.39, 0.29) is 0 Å². The molecule has 0 amide bonds. The van der Waals surface area contributed by atoms with Crippen molar-refractivity contribution >= 4 is 5.95 Å². The van der Waals surface area contributed by atoms with Gasteiger partial charge in [0.15, 0.2) is 0 Å². The van der Waals surface area contributed by atoms with Gasteiger partial charge in [-0.1, -0.05) is 41.5 Å². The van der Waals surface area contributed by atoms with E-state index >= 15 is 0 Å². The monoisotopic (exact) mass is 277 g/mol. The highest BCUT2D eigenvalue weighted by molar-refractivity contribution is 5.28. The molecule has 1 N–H and O–H groups in total. The molecule has 3 heteroatoms. The molecule has 0 unspecified atom stereocenters. The van der Waals surface area contributed by atoms with Crippen LogP contribution >= 0.6 is 0 Å². The highest BCUT2D eigenvalue weighted by atomic mass is 15.2. The number of rotatable bonds is 4. The maximum absolute atomic E-state index is 4.51. The van der Waals surface area contributed by atoms with Crippen molar-refractivity contribution < 1.29 is 0 Å². The molecule has 1 saturated carbocycles. The van der Waals surface area contributed by atoms with Crippen LogP contribution < -0.4 is 5.32 Å². The minimum Gasteiger partial charge on any atom is -0.353 e. The average Bonchev–Trinajstić information content (AvgIpc) is 2.59. The molecule has 0 spiro atoms. The zero-order valence-corrected chi connectivity index (χ0v) is 14.0. The number of aromatic nitrogens is 2. The van der Waals surface area contributed by atoms with Crippen molar-refractivity contribution in [3.05, 3.63) is 12.4 Å². The van der Waals surface area contributed by atoms with E-state index in [0.29, 0.717) is 22.8 Å². The zero-order valence-electron chi connectivity index (χ0n) is 14.0. The molecule has 0 radical (unpaired) electrons. The molecule has 1 fully saturated rings. The lowest BCUT2D eigenvalue weighted by molar-refractivity contribution is 0.105. The van der Waals surface area contributed by atoms with Gasteiger partial charge >= 0.3 is 0 Å². The number of anilines is 1. The first-order valence-electron chi connectivity index (χ1n) is 7.95. The minimum atomic E-state index is 0.412. The fourth-order valence-corrected chi connectivity index (χ4v) is 4.12. The fourth-order valence-electron chi connectivity index (χ4n) is 4.12. The van der Waals surface area contributed by atoms with Crippen LogP contribution in [0, 0.1) is 16.7 Å². The Hall–Kier alpha value is -0.990. The minimum absolute atomic E-state index is 0.412. The van der Waals surface area contributed by atoms with Crippen LogP contribution in [0.5, 0.6) is 0 Å². The molecule has 1 heterocycles. The van der Waals surface area contributed by atoms with E-state index in [2.05, 4.69) is 62.6 Å². The lowest BCUT2D eigenvalue weighted by Crippen LogP contribution is -2.40. The number of nitrogens with one attached hydrogen (secondary N) is 1. The predicted molar refractivity (Wildman–Crippen MR) is 85.9 cm³/mol. The first kappa shape index (κ1) is 15.4. The van der Waals surface area contributed by atoms with Crippen molar-refractivity contribution in [3.63, 3.8) is 0 Å². The quantitative estimate of drug-likeness (QED) is 0.874. The van der Waals surface area contributed by atoms with Crippen LogP contribution in [0.25, 0.3) is 0 Å². The number of nitrogens with zero attached hydrogens (tertiary/aromatic N) is 2. The van der Waals surface area contributed by atoms with E-state index in [0.717, 1.165) is 12.5 Å². The summed E-state index contributed by atoms with van der Waals surface area (Å²) >= 11 is 0. The fraction of sp³-hybridized carbons (Fsp3) is 0.824. The molecule has 114 valence electrons. The summed E-state index contributed by atoms with van der Waals surface area (Å²) in [4.78, 5) is 4.51. The molecule has 0 bridgehead atoms. The number of hydrogen-bond donors (Lipinski definition) is 1. The molecule has 0 saturated heterocycles. The van der Waals surface area contributed by atoms with Crippen LogP contribution in [-0.2, 0) is 6.54 Å². The Balaban J connectivity index is 2.08. The normalized spacial score (nSPS) is 22.1. The van der Waals surface area contributed by atoms with E-state index < -0.39 is 0 Å². The molecule has 2 rings (SSSR count). The highest BCUT2D eigenvalue weighted by Gasteiger charge is 2.38. The SMILES string of the molecule is CC(C)Cn1ccnc1NC1CC(C)(C)CC(C)(C)C1. The van der Waals surface area contributed by atoms with Crippen molar-refractivity contribution in [2.75, 3.05) is 5.32 Å². The second-order valence-corrected chi connectivity index (χ2v) is 8.55. The second-order valence-electron chi connectivity index (χ2n) is 8.55. The molecule has 0 aromatic carbocycles. The maximum Gasteiger partial charge on any atom is 0.202 e. The van der Waals surface area contributed by atoms with Crippen LogP contribution in [0.4, 0.5) is 5.95 Å². The average molecular weight is 277 g/mol. The topological polar surface area (TPSA) is 29.9 Å². The van der Waals surface area contributed by atoms with Gasteiger partial charge in [-0.15, -0.1) is 0 Å². The van der Waals surface area contributed by atoms with Crippen molar-refractivity contribution in [2.45, 2.75) is 73.4 Å². The summed E-state index contributed by atoms with van der Waals surface area (Å²) in [6, 6.07) is 0.530. The molecule has 0 aliphatic heterocycles. The van der Waals surface area contributed by atoms with Crippen LogP contribution in [0.1, 0.15) is 60.8 Å². The van der Waals surface area contributed by atoms with Crippen molar-refractivity contribution in [3.8, 4) is 0 Å². The predicted octanol–water partition coefficient (Wildman–Crippen LogP) is 4.56. The van der Waals surface area contributed by atoms with Crippen molar-refractivity contribution in [1.82, 2.24) is 9.55 Å². The largest absolute Gasteiger partial charge is 0.353 e. The van der Waals surface area contributed by atoms with E-state index in [1.54, 1.807) is 0 Å². The first-order chi connectivity index (χ1) is 9.17. The van der Waals surface area contributed by atoms with Crippen molar-refractivity contribution in [2.24, 2.45) is 16.7 Å². The molecular weight excluding hydrogens is 246 g/mol. The number of imidazole rings is 1. The summed E-state index contributed by atoms with van der Waals surface area (Å²) in [5.74, 6) is 1.68. The van der Waals surface area contributed by atoms with Gasteiger partial charge < -0.3 is 9.88 Å². The van der Waals surface area contributed by atoms with E-state index in [4.69, 9.17) is 0 Å². The Morgan fingerprint density at radius 1 is 1.25 bits per heavy atom. The van der Waals surface area contributed by atoms with E-state index in [9.17, 15) is 0 Å². The Kier molecular flexibility index (Phi) is 4.17. The Labute approximate surface area is 124 Å². The maximum atomic E-state index is 4.51. The van der Waals surface area contributed by atoms with Gasteiger partial charge in [-0.25, -0.2) is 4.98 Å². The molecule has 1 aliphatic carbocycles. The first-order valence-corrected chi connectivity index (χ1v) is 7.95. The Morgan fingerprint density at radius 2 is 1.85 bits per heavy atom. The smallest absolute Gasteiger partial charge is 0.202 e. The Bertz CT molecular complexity index is 427. The summed E-state index contributed by atoms with van der Waals surface area (Å²) in [6.07, 6.45) is 7.75. The summed E-state index contributed by atoms with van der Waals surface area (Å²) in [5.41, 5.74) is 0.823. The third-order valence-corrected chi connectivity index (χ3v) is 4.17. The standard InChI is InChI=1S/C17H31N3/c1-13(2)11-20-8-7-18-15(20)19-14-9-16(3,4)12-17(5,6)10-14/h7-8,13-14H,9-12H2,1-6H3,(H,18,19). The van der Waals surface area contributed by atoms with Crippen LogP contribution in [-0.4, -0.2) is 15.6 Å². The Morgan fingerprint density at radius 3 is 2.40 bits per heavy atom. The summed E-state index contributed by atoms with van der Waals surface area (Å²) < 4.78 is 2.25. The van der Waals surface area contributed by atoms with E-state index in [1.807, 2.05) is 6.20 Å². The second kappa shape index (κ2) is 5.42. The van der Waals surface area contributed by atoms with Gasteiger partial charge in [0.05, 0.1) is 0 Å². The third kappa shape index (κ3) is 4.00. The van der Waals surface area contributed by atoms with Crippen LogP contribution in [0.2, 0.25) is 0 Å². The van der Waals surface area contributed by atoms with Gasteiger partial charge in [-0.05, 0) is 36.0 Å². The molecule has 1 aromatic heterocycles.